The lowest BCUT2D eigenvalue weighted by Gasteiger charge is -2.20. The van der Waals surface area contributed by atoms with Gasteiger partial charge in [-0.05, 0) is 178 Å². The number of pyridine rings is 4. The molecule has 776 valence electrons. The van der Waals surface area contributed by atoms with Crippen LogP contribution in [0.1, 0.15) is 143 Å². The van der Waals surface area contributed by atoms with Gasteiger partial charge in [-0.15, -0.1) is 40.8 Å². The van der Waals surface area contributed by atoms with Gasteiger partial charge in [0.2, 0.25) is 0 Å². The summed E-state index contributed by atoms with van der Waals surface area (Å²) in [7, 11) is -3.76. The SMILES string of the molecule is COc1cccc(OC)c1-n1c(CS(=O)(=O)[C@@H](C)[C@@H](O)c2cnc(C)cn2)nnc1-c1cncc(C)c1.COc1cccc(OC)c1-n1c(CS(=O)(=O)[C@@H](C)[C@H](O)c2cnc(C)cn2)nnc1-c1cncc(C)c1.COc1cccc(OC)c1-n1c(CS(=O)(=O)[C@H](C)[C@@H](O)c2cnc(C)cn2)nnc1-c1cncc(C)c1.COc1cccc(OC)c1-n1c(CS(=O)(=O)[C@H](C)[C@H](O)c2cnc(C)cn2)nnc1-c1cncc(C)c1. The molecule has 0 fully saturated rings. The summed E-state index contributed by atoms with van der Waals surface area (Å²) in [4.78, 5) is 49.9. The van der Waals surface area contributed by atoms with Crippen LogP contribution in [0, 0.1) is 55.4 Å². The first-order valence-electron chi connectivity index (χ1n) is 45.7. The molecule has 0 saturated heterocycles. The molecule has 12 heterocycles. The highest BCUT2D eigenvalue weighted by Gasteiger charge is 2.40. The van der Waals surface area contributed by atoms with Crippen molar-refractivity contribution in [1.82, 2.24) is 119 Å². The number of rotatable bonds is 36. The van der Waals surface area contributed by atoms with Gasteiger partial charge in [-0.3, -0.25) is 78.1 Å². The minimum Gasteiger partial charge on any atom is -0.494 e. The topological polar surface area (TPSA) is 569 Å². The van der Waals surface area contributed by atoms with E-state index >= 15 is 0 Å². The van der Waals surface area contributed by atoms with Crippen LogP contribution in [0.5, 0.6) is 46.0 Å². The molecule has 0 aliphatic rings. The Hall–Kier alpha value is -15.6. The van der Waals surface area contributed by atoms with Crippen molar-refractivity contribution in [3.05, 3.63) is 287 Å². The molecule has 0 amide bonds. The van der Waals surface area contributed by atoms with Crippen LogP contribution in [0.4, 0.5) is 0 Å². The monoisotopic (exact) mass is 2100 g/mol. The van der Waals surface area contributed by atoms with E-state index in [1.54, 1.807) is 168 Å². The van der Waals surface area contributed by atoms with E-state index in [9.17, 15) is 54.1 Å². The van der Waals surface area contributed by atoms with Crippen LogP contribution in [-0.2, 0) is 62.4 Å². The summed E-state index contributed by atoms with van der Waals surface area (Å²) in [5.74, 6) is 3.33. The summed E-state index contributed by atoms with van der Waals surface area (Å²) in [6.45, 7) is 20.3. The first-order chi connectivity index (χ1) is 70.6. The second-order valence-corrected chi connectivity index (χ2v) is 43.7. The van der Waals surface area contributed by atoms with Crippen molar-refractivity contribution < 1.29 is 92.0 Å². The summed E-state index contributed by atoms with van der Waals surface area (Å²) in [5.41, 5.74) is 11.2. The molecule has 44 nitrogen and oxygen atoms in total. The maximum atomic E-state index is 13.5. The molecule has 0 radical (unpaired) electrons. The number of sulfone groups is 4. The minimum atomic E-state index is -3.96. The molecule has 16 aromatic rings. The highest BCUT2D eigenvalue weighted by molar-refractivity contribution is 7.92. The lowest BCUT2D eigenvalue weighted by atomic mass is 10.2. The molecule has 0 unspecified atom stereocenters. The number of hydrogen-bond acceptors (Lipinski definition) is 40. The Morgan fingerprint density at radius 1 is 0.250 bits per heavy atom. The molecule has 16 rings (SSSR count). The molecule has 0 bridgehead atoms. The quantitative estimate of drug-likeness (QED) is 0.0283. The lowest BCUT2D eigenvalue weighted by Crippen LogP contribution is -2.28. The van der Waals surface area contributed by atoms with Crippen molar-refractivity contribution in [3.63, 3.8) is 0 Å². The van der Waals surface area contributed by atoms with Gasteiger partial charge in [-0.1, -0.05) is 24.3 Å². The zero-order chi connectivity index (χ0) is 107. The third-order valence-electron chi connectivity index (χ3n) is 23.7. The van der Waals surface area contributed by atoms with Crippen LogP contribution >= 0.6 is 0 Å². The molecule has 0 aliphatic carbocycles. The van der Waals surface area contributed by atoms with Gasteiger partial charge in [0.1, 0.15) is 116 Å². The molecular weight excluding hydrogens is 1990 g/mol. The lowest BCUT2D eigenvalue weighted by molar-refractivity contribution is 0.170. The number of ether oxygens (including phenoxy) is 8. The van der Waals surface area contributed by atoms with Crippen LogP contribution in [0.15, 0.2) is 196 Å². The Balaban J connectivity index is 0.000000165. The first kappa shape index (κ1) is 110. The molecule has 0 aliphatic heterocycles. The number of aromatic nitrogens is 24. The highest BCUT2D eigenvalue weighted by Crippen LogP contribution is 2.44. The zero-order valence-electron chi connectivity index (χ0n) is 84.6. The van der Waals surface area contributed by atoms with Gasteiger partial charge in [-0.2, -0.15) is 0 Å². The Kier molecular flexibility index (Phi) is 35.3. The van der Waals surface area contributed by atoms with Crippen LogP contribution in [0.3, 0.4) is 0 Å². The van der Waals surface area contributed by atoms with Crippen LogP contribution in [-0.4, -0.2) is 251 Å². The average Bonchev–Trinajstić information content (AvgIpc) is 1.61. The molecule has 48 heteroatoms. The summed E-state index contributed by atoms with van der Waals surface area (Å²) in [6, 6.07) is 28.4. The smallest absolute Gasteiger partial charge is 0.170 e. The summed E-state index contributed by atoms with van der Waals surface area (Å²) < 4.78 is 159. The predicted octanol–water partition coefficient (Wildman–Crippen LogP) is 11.2. The summed E-state index contributed by atoms with van der Waals surface area (Å²) in [5, 5.41) is 72.6. The van der Waals surface area contributed by atoms with Crippen molar-refractivity contribution in [2.45, 2.75) is 152 Å². The van der Waals surface area contributed by atoms with E-state index in [4.69, 9.17) is 37.9 Å². The van der Waals surface area contributed by atoms with E-state index < -0.39 is 108 Å². The van der Waals surface area contributed by atoms with Gasteiger partial charge in [0.05, 0.1) is 148 Å². The molecule has 4 N–H and O–H groups in total. The fourth-order valence-electron chi connectivity index (χ4n) is 15.5. The predicted molar refractivity (Wildman–Crippen MR) is 545 cm³/mol. The van der Waals surface area contributed by atoms with Crippen molar-refractivity contribution >= 4 is 39.3 Å². The number of aliphatic hydroxyl groups excluding tert-OH is 4. The minimum absolute atomic E-state index is 0.119. The van der Waals surface area contributed by atoms with Crippen LogP contribution in [0.25, 0.3) is 68.3 Å². The molecule has 0 spiro atoms. The number of benzene rings is 4. The zero-order valence-corrected chi connectivity index (χ0v) is 87.9. The van der Waals surface area contributed by atoms with E-state index in [0.717, 1.165) is 22.3 Å². The fourth-order valence-corrected chi connectivity index (χ4v) is 20.8. The Morgan fingerprint density at radius 3 is 0.574 bits per heavy atom. The number of aryl methyl sites for hydroxylation is 8. The number of para-hydroxylation sites is 4. The molecule has 148 heavy (non-hydrogen) atoms. The second kappa shape index (κ2) is 47.7. The third-order valence-corrected chi connectivity index (χ3v) is 31.9. The largest absolute Gasteiger partial charge is 0.494 e. The Labute approximate surface area is 855 Å². The Morgan fingerprint density at radius 2 is 0.426 bits per heavy atom. The van der Waals surface area contributed by atoms with Gasteiger partial charge >= 0.3 is 0 Å². The molecule has 0 saturated carbocycles. The van der Waals surface area contributed by atoms with Gasteiger partial charge in [-0.25, -0.2) is 33.7 Å². The maximum Gasteiger partial charge on any atom is 0.170 e. The van der Waals surface area contributed by atoms with E-state index in [2.05, 4.69) is 101 Å². The second-order valence-electron chi connectivity index (χ2n) is 34.3. The molecule has 4 aromatic carbocycles. The van der Waals surface area contributed by atoms with E-state index in [1.165, 1.54) is 134 Å². The van der Waals surface area contributed by atoms with Crippen LogP contribution in [0.2, 0.25) is 0 Å². The van der Waals surface area contributed by atoms with Crippen LogP contribution < -0.4 is 37.9 Å². The number of nitrogens with zero attached hydrogens (tertiary/aromatic N) is 24. The Bertz CT molecular complexity index is 6840. The van der Waals surface area contributed by atoms with E-state index in [1.807, 2.05) is 52.0 Å². The van der Waals surface area contributed by atoms with Gasteiger partial charge in [0.15, 0.2) is 85.9 Å². The van der Waals surface area contributed by atoms with E-state index in [-0.39, 0.29) is 46.1 Å². The van der Waals surface area contributed by atoms with Gasteiger partial charge in [0, 0.05) is 96.6 Å². The number of aliphatic hydroxyl groups is 4. The van der Waals surface area contributed by atoms with Gasteiger partial charge in [0.25, 0.3) is 0 Å². The van der Waals surface area contributed by atoms with Crippen molar-refractivity contribution in [1.29, 1.82) is 0 Å². The normalized spacial score (nSPS) is 13.2. The maximum absolute atomic E-state index is 13.5. The highest BCUT2D eigenvalue weighted by atomic mass is 32.2. The van der Waals surface area contributed by atoms with Crippen molar-refractivity contribution in [2.24, 2.45) is 0 Å². The summed E-state index contributed by atoms with van der Waals surface area (Å²) >= 11 is 0. The molecular formula is C100H112N24O20S4. The third kappa shape index (κ3) is 24.9. The summed E-state index contributed by atoms with van der Waals surface area (Å²) in [6.07, 6.45) is 19.2. The van der Waals surface area contributed by atoms with Crippen molar-refractivity contribution in [3.8, 4) is 114 Å². The van der Waals surface area contributed by atoms with Crippen molar-refractivity contribution in [2.75, 3.05) is 56.9 Å². The number of methoxy groups -OCH3 is 8. The molecule has 8 atom stereocenters. The fraction of sp³-hybridized carbons (Fsp3) is 0.320. The number of hydrogen-bond donors (Lipinski definition) is 4. The standard InChI is InChI=1S/4C25H28N6O5S/c4*1-15-9-18(12-26-10-15)25-30-29-22(31(25)23-20(35-4)7-6-8-21(23)36-5)14-37(33,34)17(3)24(32)19-13-27-16(2)11-28-19/h4*6-13,17,24,32H,14H2,1-5H3/t2*17-,24+;2*17-,24-/m1010/s1. The van der Waals surface area contributed by atoms with Gasteiger partial charge < -0.3 is 58.3 Å². The van der Waals surface area contributed by atoms with E-state index in [0.29, 0.717) is 137 Å². The average molecular weight is 2100 g/mol. The first-order valence-corrected chi connectivity index (χ1v) is 52.5. The molecule has 12 aromatic heterocycles.